The summed E-state index contributed by atoms with van der Waals surface area (Å²) in [4.78, 5) is 38.2. The third kappa shape index (κ3) is 5.83. The van der Waals surface area contributed by atoms with E-state index >= 15 is 0 Å². The predicted octanol–water partition coefficient (Wildman–Crippen LogP) is 5.57. The van der Waals surface area contributed by atoms with E-state index in [9.17, 15) is 14.4 Å². The van der Waals surface area contributed by atoms with Gasteiger partial charge in [-0.2, -0.15) is 0 Å². The van der Waals surface area contributed by atoms with Gasteiger partial charge in [0.15, 0.2) is 0 Å². The molecule has 3 amide bonds. The zero-order valence-electron chi connectivity index (χ0n) is 20.7. The molecule has 6 heteroatoms. The summed E-state index contributed by atoms with van der Waals surface area (Å²) in [6, 6.07) is 0. The fourth-order valence-corrected chi connectivity index (χ4v) is 2.68. The second-order valence-electron chi connectivity index (χ2n) is 11.1. The van der Waals surface area contributed by atoms with Gasteiger partial charge in [-0.25, -0.2) is 0 Å². The molecule has 1 aromatic carbocycles. The zero-order chi connectivity index (χ0) is 23.8. The summed E-state index contributed by atoms with van der Waals surface area (Å²) in [6.45, 7) is 22.2. The van der Waals surface area contributed by atoms with Gasteiger partial charge in [0.25, 0.3) is 0 Å². The number of hydrogen-bond donors (Lipinski definition) is 3. The molecule has 30 heavy (non-hydrogen) atoms. The quantitative estimate of drug-likeness (QED) is 0.601. The maximum atomic E-state index is 12.7. The lowest BCUT2D eigenvalue weighted by atomic mass is 9.91. The lowest BCUT2D eigenvalue weighted by Crippen LogP contribution is -2.32. The molecule has 0 radical (unpaired) electrons. The van der Waals surface area contributed by atoms with Crippen LogP contribution < -0.4 is 16.0 Å². The molecule has 0 heterocycles. The second-order valence-corrected chi connectivity index (χ2v) is 11.1. The van der Waals surface area contributed by atoms with Crippen LogP contribution in [0.1, 0.15) is 79.0 Å². The minimum Gasteiger partial charge on any atom is -0.325 e. The normalized spacial score (nSPS) is 12.4. The molecule has 0 saturated heterocycles. The van der Waals surface area contributed by atoms with Crippen molar-refractivity contribution in [1.82, 2.24) is 0 Å². The molecule has 6 nitrogen and oxygen atoms in total. The van der Waals surface area contributed by atoms with E-state index in [2.05, 4.69) is 16.0 Å². The van der Waals surface area contributed by atoms with Crippen molar-refractivity contribution in [3.63, 3.8) is 0 Å². The van der Waals surface area contributed by atoms with Gasteiger partial charge in [-0.15, -0.1) is 0 Å². The first-order valence-electron chi connectivity index (χ1n) is 10.4. The number of amides is 3. The first kappa shape index (κ1) is 25.7. The van der Waals surface area contributed by atoms with Gasteiger partial charge >= 0.3 is 0 Å². The molecule has 0 aromatic heterocycles. The van der Waals surface area contributed by atoms with Crippen LogP contribution in [-0.4, -0.2) is 17.7 Å². The molecular formula is C24H39N3O3. The number of benzene rings is 1. The smallest absolute Gasteiger partial charge is 0.229 e. The van der Waals surface area contributed by atoms with Crippen LogP contribution in [0, 0.1) is 37.0 Å². The second kappa shape index (κ2) is 8.40. The highest BCUT2D eigenvalue weighted by molar-refractivity contribution is 6.05. The Hall–Kier alpha value is -2.37. The SMILES string of the molecule is Cc1c(NC(=O)C(C)(C)C)c(C)c(NC(=O)C(C)(C)C)c(C)c1NC(=O)C(C)(C)C. The summed E-state index contributed by atoms with van der Waals surface area (Å²) >= 11 is 0. The molecule has 0 atom stereocenters. The molecule has 1 rings (SSSR count). The van der Waals surface area contributed by atoms with Crippen LogP contribution in [0.15, 0.2) is 0 Å². The van der Waals surface area contributed by atoms with Gasteiger partial charge in [-0.3, -0.25) is 14.4 Å². The first-order valence-corrected chi connectivity index (χ1v) is 10.4. The van der Waals surface area contributed by atoms with E-state index in [1.165, 1.54) is 0 Å². The fourth-order valence-electron chi connectivity index (χ4n) is 2.68. The highest BCUT2D eigenvalue weighted by atomic mass is 16.2. The van der Waals surface area contributed by atoms with Gasteiger partial charge in [0, 0.05) is 16.2 Å². The molecule has 0 aliphatic carbocycles. The molecule has 168 valence electrons. The van der Waals surface area contributed by atoms with E-state index in [0.29, 0.717) is 17.1 Å². The zero-order valence-corrected chi connectivity index (χ0v) is 20.7. The topological polar surface area (TPSA) is 87.3 Å². The maximum absolute atomic E-state index is 12.7. The van der Waals surface area contributed by atoms with Crippen LogP contribution in [0.2, 0.25) is 0 Å². The minimum atomic E-state index is -0.590. The van der Waals surface area contributed by atoms with Crippen molar-refractivity contribution in [3.05, 3.63) is 16.7 Å². The van der Waals surface area contributed by atoms with Gasteiger partial charge in [-0.1, -0.05) is 62.3 Å². The number of hydrogen-bond acceptors (Lipinski definition) is 3. The van der Waals surface area contributed by atoms with Crippen molar-refractivity contribution in [2.24, 2.45) is 16.2 Å². The summed E-state index contributed by atoms with van der Waals surface area (Å²) < 4.78 is 0. The monoisotopic (exact) mass is 417 g/mol. The molecule has 0 unspecified atom stereocenters. The van der Waals surface area contributed by atoms with E-state index in [4.69, 9.17) is 0 Å². The molecule has 0 saturated carbocycles. The average Bonchev–Trinajstić information content (AvgIpc) is 2.56. The molecule has 0 aliphatic heterocycles. The van der Waals surface area contributed by atoms with Gasteiger partial charge in [-0.05, 0) is 37.5 Å². The van der Waals surface area contributed by atoms with Crippen molar-refractivity contribution >= 4 is 34.8 Å². The molecule has 3 N–H and O–H groups in total. The van der Waals surface area contributed by atoms with Gasteiger partial charge in [0.1, 0.15) is 0 Å². The van der Waals surface area contributed by atoms with Gasteiger partial charge in [0.2, 0.25) is 17.7 Å². The van der Waals surface area contributed by atoms with Crippen LogP contribution >= 0.6 is 0 Å². The Morgan fingerprint density at radius 3 is 0.767 bits per heavy atom. The Balaban J connectivity index is 3.70. The average molecular weight is 418 g/mol. The van der Waals surface area contributed by atoms with Crippen LogP contribution in [0.4, 0.5) is 17.1 Å². The molecular weight excluding hydrogens is 378 g/mol. The first-order chi connectivity index (χ1) is 13.3. The predicted molar refractivity (Wildman–Crippen MR) is 125 cm³/mol. The molecule has 0 aliphatic rings. The summed E-state index contributed by atoms with van der Waals surface area (Å²) in [5.74, 6) is -0.420. The minimum absolute atomic E-state index is 0.140. The Morgan fingerprint density at radius 2 is 0.633 bits per heavy atom. The molecule has 0 fully saturated rings. The number of carbonyl (C=O) groups excluding carboxylic acids is 3. The number of rotatable bonds is 3. The summed E-state index contributed by atoms with van der Waals surface area (Å²) in [6.07, 6.45) is 0. The van der Waals surface area contributed by atoms with Crippen molar-refractivity contribution in [1.29, 1.82) is 0 Å². The van der Waals surface area contributed by atoms with E-state index < -0.39 is 16.2 Å². The van der Waals surface area contributed by atoms with E-state index in [1.807, 2.05) is 83.1 Å². The molecule has 0 bridgehead atoms. The molecule has 0 spiro atoms. The van der Waals surface area contributed by atoms with Crippen LogP contribution in [-0.2, 0) is 14.4 Å². The van der Waals surface area contributed by atoms with E-state index in [-0.39, 0.29) is 17.7 Å². The lowest BCUT2D eigenvalue weighted by molar-refractivity contribution is -0.123. The van der Waals surface area contributed by atoms with Gasteiger partial charge < -0.3 is 16.0 Å². The van der Waals surface area contributed by atoms with E-state index in [0.717, 1.165) is 16.7 Å². The Labute approximate surface area is 181 Å². The maximum Gasteiger partial charge on any atom is 0.229 e. The third-order valence-corrected chi connectivity index (χ3v) is 5.01. The number of nitrogens with one attached hydrogen (secondary N) is 3. The Morgan fingerprint density at radius 1 is 0.467 bits per heavy atom. The fraction of sp³-hybridized carbons (Fsp3) is 0.625. The third-order valence-electron chi connectivity index (χ3n) is 5.01. The van der Waals surface area contributed by atoms with Crippen molar-refractivity contribution in [3.8, 4) is 0 Å². The van der Waals surface area contributed by atoms with Crippen molar-refractivity contribution in [2.75, 3.05) is 16.0 Å². The Bertz CT molecular complexity index is 728. The van der Waals surface area contributed by atoms with Crippen LogP contribution in [0.25, 0.3) is 0 Å². The number of anilines is 3. The highest BCUT2D eigenvalue weighted by Gasteiger charge is 2.29. The summed E-state index contributed by atoms with van der Waals surface area (Å²) in [5.41, 5.74) is 2.32. The lowest BCUT2D eigenvalue weighted by Gasteiger charge is -2.28. The number of carbonyl (C=O) groups is 3. The summed E-state index contributed by atoms with van der Waals surface area (Å²) in [5, 5.41) is 9.03. The summed E-state index contributed by atoms with van der Waals surface area (Å²) in [7, 11) is 0. The van der Waals surface area contributed by atoms with Crippen molar-refractivity contribution in [2.45, 2.75) is 83.1 Å². The highest BCUT2D eigenvalue weighted by Crippen LogP contribution is 2.40. The Kier molecular flexibility index (Phi) is 7.19. The van der Waals surface area contributed by atoms with Crippen molar-refractivity contribution < 1.29 is 14.4 Å². The standard InChI is InChI=1S/C24H39N3O3/c1-13-16(25-19(28)22(4,5)6)14(2)18(27-21(30)24(10,11)12)15(3)17(13)26-20(29)23(7,8)9/h1-12H3,(H,25,28)(H,26,29)(H,27,30). The molecule has 1 aromatic rings. The largest absolute Gasteiger partial charge is 0.325 e. The van der Waals surface area contributed by atoms with E-state index in [1.54, 1.807) is 0 Å². The van der Waals surface area contributed by atoms with Crippen LogP contribution in [0.3, 0.4) is 0 Å². The van der Waals surface area contributed by atoms with Gasteiger partial charge in [0.05, 0.1) is 17.1 Å². The van der Waals surface area contributed by atoms with Crippen LogP contribution in [0.5, 0.6) is 0 Å².